The molecule has 6 rings (SSSR count). The Balaban J connectivity index is 1.45. The van der Waals surface area contributed by atoms with Gasteiger partial charge in [-0.25, -0.2) is 4.99 Å². The SMILES string of the molecule is CC1=C(C(=O)Nc2ccccc2)C(c2ccc(C)cc2)n2c(s/c(=C\c3ccc(-c4cc(Cl)ccc4Cl)o3)c2=O)=N1. The summed E-state index contributed by atoms with van der Waals surface area (Å²) < 4.78 is 8.04. The van der Waals surface area contributed by atoms with Gasteiger partial charge in [-0.2, -0.15) is 0 Å². The number of carbonyl (C=O) groups excluding carboxylic acids is 1. The number of halogens is 2. The van der Waals surface area contributed by atoms with E-state index in [-0.39, 0.29) is 11.5 Å². The van der Waals surface area contributed by atoms with Crippen LogP contribution in [0.4, 0.5) is 5.69 Å². The average Bonchev–Trinajstić information content (AvgIpc) is 3.54. The van der Waals surface area contributed by atoms with Crippen LogP contribution in [0.5, 0.6) is 0 Å². The number of nitrogens with zero attached hydrogens (tertiary/aromatic N) is 2. The van der Waals surface area contributed by atoms with E-state index in [1.807, 2.05) is 61.5 Å². The van der Waals surface area contributed by atoms with Gasteiger partial charge >= 0.3 is 0 Å². The molecule has 0 saturated carbocycles. The molecule has 1 unspecified atom stereocenters. The van der Waals surface area contributed by atoms with Gasteiger partial charge in [0.1, 0.15) is 11.5 Å². The molecule has 0 bridgehead atoms. The van der Waals surface area contributed by atoms with Crippen molar-refractivity contribution in [2.45, 2.75) is 19.9 Å². The molecule has 0 spiro atoms. The summed E-state index contributed by atoms with van der Waals surface area (Å²) in [4.78, 5) is 32.8. The molecule has 1 atom stereocenters. The summed E-state index contributed by atoms with van der Waals surface area (Å²) in [6.45, 7) is 3.79. The molecule has 9 heteroatoms. The molecule has 0 saturated heterocycles. The standard InChI is InChI=1S/C32H23Cl2N3O3S/c1-18-8-10-20(11-9-18)29-28(30(38)36-22-6-4-3-5-7-22)19(2)35-32-37(29)31(39)27(41-32)17-23-13-15-26(40-23)24-16-21(33)12-14-25(24)34/h3-17,29H,1-2H3,(H,36,38)/b27-17-. The van der Waals surface area contributed by atoms with Crippen LogP contribution in [0.25, 0.3) is 17.4 Å². The van der Waals surface area contributed by atoms with Crippen molar-refractivity contribution in [1.29, 1.82) is 0 Å². The number of fused-ring (bicyclic) bond motifs is 1. The fraction of sp³-hybridized carbons (Fsp3) is 0.0938. The Labute approximate surface area is 249 Å². The van der Waals surface area contributed by atoms with E-state index in [1.54, 1.807) is 47.9 Å². The number of rotatable bonds is 5. The topological polar surface area (TPSA) is 76.6 Å². The van der Waals surface area contributed by atoms with E-state index < -0.39 is 6.04 Å². The first kappa shape index (κ1) is 27.0. The number of hydrogen-bond donors (Lipinski definition) is 1. The summed E-state index contributed by atoms with van der Waals surface area (Å²) in [7, 11) is 0. The normalized spacial score (nSPS) is 15.0. The predicted octanol–water partition coefficient (Wildman–Crippen LogP) is 6.75. The first-order chi connectivity index (χ1) is 19.8. The Morgan fingerprint density at radius 2 is 1.76 bits per heavy atom. The van der Waals surface area contributed by atoms with Crippen molar-refractivity contribution in [2.24, 2.45) is 4.99 Å². The highest BCUT2D eigenvalue weighted by Gasteiger charge is 2.32. The second-order valence-electron chi connectivity index (χ2n) is 9.64. The Kier molecular flexibility index (Phi) is 7.26. The fourth-order valence-corrected chi connectivity index (χ4v) is 6.20. The Morgan fingerprint density at radius 3 is 2.51 bits per heavy atom. The second kappa shape index (κ2) is 11.0. The van der Waals surface area contributed by atoms with Gasteiger partial charge in [-0.05, 0) is 61.9 Å². The van der Waals surface area contributed by atoms with E-state index in [1.165, 1.54) is 11.3 Å². The minimum atomic E-state index is -0.657. The number of thiazole rings is 1. The van der Waals surface area contributed by atoms with Gasteiger partial charge < -0.3 is 9.73 Å². The molecule has 3 heterocycles. The first-order valence-corrected chi connectivity index (χ1v) is 14.4. The monoisotopic (exact) mass is 599 g/mol. The molecule has 41 heavy (non-hydrogen) atoms. The summed E-state index contributed by atoms with van der Waals surface area (Å²) in [6.07, 6.45) is 1.68. The largest absolute Gasteiger partial charge is 0.457 e. The molecule has 2 aromatic heterocycles. The Hall–Kier alpha value is -4.17. The molecule has 1 aliphatic rings. The van der Waals surface area contributed by atoms with Crippen molar-refractivity contribution < 1.29 is 9.21 Å². The second-order valence-corrected chi connectivity index (χ2v) is 11.5. The van der Waals surface area contributed by atoms with Gasteiger partial charge in [-0.3, -0.25) is 14.2 Å². The van der Waals surface area contributed by atoms with E-state index in [9.17, 15) is 9.59 Å². The summed E-state index contributed by atoms with van der Waals surface area (Å²) in [6, 6.07) is 25.1. The number of carbonyl (C=O) groups is 1. The van der Waals surface area contributed by atoms with Gasteiger partial charge in [0.2, 0.25) is 0 Å². The van der Waals surface area contributed by atoms with E-state index in [4.69, 9.17) is 32.6 Å². The number of aromatic nitrogens is 1. The zero-order valence-electron chi connectivity index (χ0n) is 22.0. The van der Waals surface area contributed by atoms with Crippen LogP contribution >= 0.6 is 34.5 Å². The molecule has 3 aromatic carbocycles. The number of furan rings is 1. The quantitative estimate of drug-likeness (QED) is 0.243. The third-order valence-electron chi connectivity index (χ3n) is 6.79. The number of benzene rings is 3. The van der Waals surface area contributed by atoms with Gasteiger partial charge in [0, 0.05) is 22.3 Å². The lowest BCUT2D eigenvalue weighted by atomic mass is 9.94. The molecule has 5 aromatic rings. The van der Waals surface area contributed by atoms with E-state index >= 15 is 0 Å². The maximum absolute atomic E-state index is 13.9. The molecule has 0 aliphatic carbocycles. The first-order valence-electron chi connectivity index (χ1n) is 12.8. The van der Waals surface area contributed by atoms with Crippen LogP contribution in [0.2, 0.25) is 10.0 Å². The van der Waals surface area contributed by atoms with E-state index in [0.717, 1.165) is 11.1 Å². The van der Waals surface area contributed by atoms with Crippen LogP contribution in [0.1, 0.15) is 29.9 Å². The smallest absolute Gasteiger partial charge is 0.271 e. The zero-order chi connectivity index (χ0) is 28.7. The molecule has 1 amide bonds. The summed E-state index contributed by atoms with van der Waals surface area (Å²) in [5.41, 5.74) is 3.89. The lowest BCUT2D eigenvalue weighted by Crippen LogP contribution is -2.40. The highest BCUT2D eigenvalue weighted by Crippen LogP contribution is 2.33. The summed E-state index contributed by atoms with van der Waals surface area (Å²) >= 11 is 13.8. The van der Waals surface area contributed by atoms with Gasteiger partial charge in [0.25, 0.3) is 11.5 Å². The Bertz CT molecular complexity index is 2010. The minimum Gasteiger partial charge on any atom is -0.457 e. The van der Waals surface area contributed by atoms with Crippen molar-refractivity contribution in [2.75, 3.05) is 5.32 Å². The zero-order valence-corrected chi connectivity index (χ0v) is 24.3. The van der Waals surface area contributed by atoms with E-state index in [0.29, 0.717) is 53.4 Å². The maximum atomic E-state index is 13.9. The molecule has 0 fully saturated rings. The minimum absolute atomic E-state index is 0.268. The van der Waals surface area contributed by atoms with Crippen molar-refractivity contribution >= 4 is 52.2 Å². The van der Waals surface area contributed by atoms with Crippen LogP contribution in [0.3, 0.4) is 0 Å². The van der Waals surface area contributed by atoms with Gasteiger partial charge in [-0.15, -0.1) is 0 Å². The lowest BCUT2D eigenvalue weighted by Gasteiger charge is -2.25. The third kappa shape index (κ3) is 5.32. The number of amides is 1. The van der Waals surface area contributed by atoms with Crippen molar-refractivity contribution in [1.82, 2.24) is 4.57 Å². The number of hydrogen-bond acceptors (Lipinski definition) is 5. The van der Waals surface area contributed by atoms with Gasteiger partial charge in [0.15, 0.2) is 4.80 Å². The Morgan fingerprint density at radius 1 is 1.00 bits per heavy atom. The number of nitrogens with one attached hydrogen (secondary N) is 1. The number of para-hydroxylation sites is 1. The predicted molar refractivity (Wildman–Crippen MR) is 164 cm³/mol. The van der Waals surface area contributed by atoms with Gasteiger partial charge in [-0.1, -0.05) is 82.6 Å². The molecule has 6 nitrogen and oxygen atoms in total. The highest BCUT2D eigenvalue weighted by atomic mass is 35.5. The van der Waals surface area contributed by atoms with Crippen LogP contribution in [0, 0.1) is 6.92 Å². The highest BCUT2D eigenvalue weighted by molar-refractivity contribution is 7.07. The lowest BCUT2D eigenvalue weighted by molar-refractivity contribution is -0.113. The molecule has 1 aliphatic heterocycles. The van der Waals surface area contributed by atoms with Crippen LogP contribution < -0.4 is 20.2 Å². The maximum Gasteiger partial charge on any atom is 0.271 e. The number of anilines is 1. The third-order valence-corrected chi connectivity index (χ3v) is 8.33. The fourth-order valence-electron chi connectivity index (χ4n) is 4.79. The van der Waals surface area contributed by atoms with Crippen molar-refractivity contribution in [3.05, 3.63) is 143 Å². The average molecular weight is 601 g/mol. The van der Waals surface area contributed by atoms with Crippen LogP contribution in [-0.2, 0) is 4.79 Å². The molecule has 1 N–H and O–H groups in total. The molecule has 204 valence electrons. The van der Waals surface area contributed by atoms with Crippen LogP contribution in [-0.4, -0.2) is 10.5 Å². The summed E-state index contributed by atoms with van der Waals surface area (Å²) in [5.74, 6) is 0.696. The van der Waals surface area contributed by atoms with Crippen molar-refractivity contribution in [3.63, 3.8) is 0 Å². The van der Waals surface area contributed by atoms with Gasteiger partial charge in [0.05, 0.1) is 26.9 Å². The summed E-state index contributed by atoms with van der Waals surface area (Å²) in [5, 5.41) is 4.01. The number of aryl methyl sites for hydroxylation is 1. The van der Waals surface area contributed by atoms with Crippen LogP contribution in [0.15, 0.2) is 110 Å². The molecule has 0 radical (unpaired) electrons. The number of allylic oxidation sites excluding steroid dienone is 1. The molecular formula is C32H23Cl2N3O3S. The molecular weight excluding hydrogens is 577 g/mol. The van der Waals surface area contributed by atoms with Crippen molar-refractivity contribution in [3.8, 4) is 11.3 Å². The van der Waals surface area contributed by atoms with E-state index in [2.05, 4.69) is 5.32 Å².